The number of furan rings is 1. The zero-order chi connectivity index (χ0) is 14.5. The fourth-order valence-corrected chi connectivity index (χ4v) is 1.78. The van der Waals surface area contributed by atoms with Crippen molar-refractivity contribution in [2.75, 3.05) is 11.9 Å². The van der Waals surface area contributed by atoms with Gasteiger partial charge >= 0.3 is 0 Å². The molecule has 0 radical (unpaired) electrons. The fraction of sp³-hybridized carbons (Fsp3) is 0.188. The van der Waals surface area contributed by atoms with E-state index in [1.165, 1.54) is 6.26 Å². The molecule has 4 heteroatoms. The van der Waals surface area contributed by atoms with E-state index in [4.69, 9.17) is 9.52 Å². The molecule has 0 saturated heterocycles. The molecule has 1 heterocycles. The molecule has 1 aromatic carbocycles. The standard InChI is InChI=1S/C16H15NO3/c1-11-8-13(4-3-7-18)5-6-15(11)17-16(19)14-9-12(2)20-10-14/h5-6,8-10,18H,7H2,1-2H3,(H,17,19). The Balaban J connectivity index is 2.16. The van der Waals surface area contributed by atoms with Gasteiger partial charge in [0.25, 0.3) is 5.91 Å². The smallest absolute Gasteiger partial charge is 0.258 e. The van der Waals surface area contributed by atoms with Gasteiger partial charge in [0.15, 0.2) is 0 Å². The van der Waals surface area contributed by atoms with Gasteiger partial charge in [-0.05, 0) is 43.7 Å². The lowest BCUT2D eigenvalue weighted by atomic mass is 10.1. The normalized spacial score (nSPS) is 9.75. The van der Waals surface area contributed by atoms with E-state index in [0.29, 0.717) is 11.3 Å². The van der Waals surface area contributed by atoms with Crippen LogP contribution in [0.5, 0.6) is 0 Å². The number of carbonyl (C=O) groups excluding carboxylic acids is 1. The van der Waals surface area contributed by atoms with Crippen LogP contribution < -0.4 is 5.32 Å². The molecule has 0 aliphatic rings. The lowest BCUT2D eigenvalue weighted by molar-refractivity contribution is 0.102. The Labute approximate surface area is 117 Å². The van der Waals surface area contributed by atoms with Gasteiger partial charge in [-0.25, -0.2) is 0 Å². The van der Waals surface area contributed by atoms with Crippen LogP contribution in [-0.4, -0.2) is 17.6 Å². The van der Waals surface area contributed by atoms with Gasteiger partial charge in [0.2, 0.25) is 0 Å². The molecule has 0 aliphatic heterocycles. The maximum absolute atomic E-state index is 12.0. The zero-order valence-electron chi connectivity index (χ0n) is 11.4. The third-order valence-electron chi connectivity index (χ3n) is 2.78. The Morgan fingerprint density at radius 1 is 1.35 bits per heavy atom. The van der Waals surface area contributed by atoms with Crippen molar-refractivity contribution >= 4 is 11.6 Å². The van der Waals surface area contributed by atoms with E-state index in [0.717, 1.165) is 16.8 Å². The number of hydrogen-bond donors (Lipinski definition) is 2. The predicted octanol–water partition coefficient (Wildman–Crippen LogP) is 2.49. The molecule has 1 aromatic heterocycles. The van der Waals surface area contributed by atoms with Crippen molar-refractivity contribution in [2.45, 2.75) is 13.8 Å². The van der Waals surface area contributed by atoms with Crippen LogP contribution in [0.4, 0.5) is 5.69 Å². The zero-order valence-corrected chi connectivity index (χ0v) is 11.4. The molecule has 2 N–H and O–H groups in total. The first-order valence-corrected chi connectivity index (χ1v) is 6.17. The highest BCUT2D eigenvalue weighted by molar-refractivity contribution is 6.04. The van der Waals surface area contributed by atoms with E-state index in [1.807, 2.05) is 13.0 Å². The number of carbonyl (C=O) groups is 1. The highest BCUT2D eigenvalue weighted by Crippen LogP contribution is 2.17. The van der Waals surface area contributed by atoms with Gasteiger partial charge < -0.3 is 14.8 Å². The highest BCUT2D eigenvalue weighted by Gasteiger charge is 2.10. The van der Waals surface area contributed by atoms with Gasteiger partial charge in [-0.3, -0.25) is 4.79 Å². The molecule has 0 unspecified atom stereocenters. The van der Waals surface area contributed by atoms with Crippen LogP contribution in [0.15, 0.2) is 34.9 Å². The first kappa shape index (κ1) is 13.9. The number of amides is 1. The molecule has 0 atom stereocenters. The van der Waals surface area contributed by atoms with Crippen molar-refractivity contribution in [3.8, 4) is 11.8 Å². The summed E-state index contributed by atoms with van der Waals surface area (Å²) in [6.07, 6.45) is 1.43. The van der Waals surface area contributed by atoms with Crippen LogP contribution in [-0.2, 0) is 0 Å². The second kappa shape index (κ2) is 6.09. The summed E-state index contributed by atoms with van der Waals surface area (Å²) in [5.74, 6) is 5.90. The summed E-state index contributed by atoms with van der Waals surface area (Å²) < 4.78 is 5.11. The average Bonchev–Trinajstić information content (AvgIpc) is 2.86. The number of nitrogens with one attached hydrogen (secondary N) is 1. The molecule has 20 heavy (non-hydrogen) atoms. The maximum Gasteiger partial charge on any atom is 0.258 e. The Kier molecular flexibility index (Phi) is 4.24. The average molecular weight is 269 g/mol. The molecule has 2 rings (SSSR count). The van der Waals surface area contributed by atoms with Crippen LogP contribution in [0.25, 0.3) is 0 Å². The van der Waals surface area contributed by atoms with Crippen molar-refractivity contribution in [3.63, 3.8) is 0 Å². The Morgan fingerprint density at radius 2 is 2.15 bits per heavy atom. The molecular formula is C16H15NO3. The van der Waals surface area contributed by atoms with Crippen molar-refractivity contribution in [1.29, 1.82) is 0 Å². The number of aliphatic hydroxyl groups excluding tert-OH is 1. The predicted molar refractivity (Wildman–Crippen MR) is 76.5 cm³/mol. The third kappa shape index (κ3) is 3.28. The summed E-state index contributed by atoms with van der Waals surface area (Å²) in [5.41, 5.74) is 2.92. The third-order valence-corrected chi connectivity index (χ3v) is 2.78. The minimum Gasteiger partial charge on any atom is -0.469 e. The second-order valence-electron chi connectivity index (χ2n) is 4.39. The number of hydrogen-bond acceptors (Lipinski definition) is 3. The first-order chi connectivity index (χ1) is 9.60. The largest absolute Gasteiger partial charge is 0.469 e. The topological polar surface area (TPSA) is 62.5 Å². The lowest BCUT2D eigenvalue weighted by Gasteiger charge is -2.07. The summed E-state index contributed by atoms with van der Waals surface area (Å²) in [6.45, 7) is 3.51. The Morgan fingerprint density at radius 3 is 2.75 bits per heavy atom. The van der Waals surface area contributed by atoms with Gasteiger partial charge in [-0.15, -0.1) is 0 Å². The minimum absolute atomic E-state index is 0.169. The summed E-state index contributed by atoms with van der Waals surface area (Å²) in [6, 6.07) is 7.14. The van der Waals surface area contributed by atoms with Gasteiger partial charge in [0.1, 0.15) is 18.6 Å². The van der Waals surface area contributed by atoms with Crippen LogP contribution >= 0.6 is 0 Å². The number of benzene rings is 1. The Hall–Kier alpha value is -2.51. The second-order valence-corrected chi connectivity index (χ2v) is 4.39. The van der Waals surface area contributed by atoms with Crippen molar-refractivity contribution in [1.82, 2.24) is 0 Å². The molecule has 102 valence electrons. The molecule has 0 aliphatic carbocycles. The number of aliphatic hydroxyl groups is 1. The monoisotopic (exact) mass is 269 g/mol. The number of aryl methyl sites for hydroxylation is 2. The molecule has 0 fully saturated rings. The van der Waals surface area contributed by atoms with Crippen LogP contribution in [0, 0.1) is 25.7 Å². The SMILES string of the molecule is Cc1cc(C(=O)Nc2ccc(C#CCO)cc2C)co1. The lowest BCUT2D eigenvalue weighted by Crippen LogP contribution is -2.11. The summed E-state index contributed by atoms with van der Waals surface area (Å²) in [5, 5.41) is 11.5. The molecule has 0 spiro atoms. The van der Waals surface area contributed by atoms with Gasteiger partial charge in [-0.1, -0.05) is 11.8 Å². The maximum atomic E-state index is 12.0. The van der Waals surface area contributed by atoms with E-state index >= 15 is 0 Å². The van der Waals surface area contributed by atoms with Gasteiger partial charge in [-0.2, -0.15) is 0 Å². The van der Waals surface area contributed by atoms with Gasteiger partial charge in [0, 0.05) is 11.3 Å². The van der Waals surface area contributed by atoms with E-state index in [1.54, 1.807) is 25.1 Å². The van der Waals surface area contributed by atoms with Crippen molar-refractivity contribution in [2.24, 2.45) is 0 Å². The first-order valence-electron chi connectivity index (χ1n) is 6.17. The molecule has 0 saturated carbocycles. The quantitative estimate of drug-likeness (QED) is 0.823. The summed E-state index contributed by atoms with van der Waals surface area (Å²) in [7, 11) is 0. The summed E-state index contributed by atoms with van der Waals surface area (Å²) in [4.78, 5) is 12.0. The number of rotatable bonds is 2. The fourth-order valence-electron chi connectivity index (χ4n) is 1.78. The van der Waals surface area contributed by atoms with Crippen molar-refractivity contribution in [3.05, 3.63) is 53.0 Å². The van der Waals surface area contributed by atoms with Crippen LogP contribution in [0.3, 0.4) is 0 Å². The van der Waals surface area contributed by atoms with E-state index < -0.39 is 0 Å². The van der Waals surface area contributed by atoms with E-state index in [-0.39, 0.29) is 12.5 Å². The Bertz CT molecular complexity index is 689. The molecule has 0 bridgehead atoms. The summed E-state index contributed by atoms with van der Waals surface area (Å²) >= 11 is 0. The van der Waals surface area contributed by atoms with Crippen LogP contribution in [0.2, 0.25) is 0 Å². The number of anilines is 1. The molecule has 4 nitrogen and oxygen atoms in total. The van der Waals surface area contributed by atoms with Crippen molar-refractivity contribution < 1.29 is 14.3 Å². The minimum atomic E-state index is -0.209. The van der Waals surface area contributed by atoms with E-state index in [2.05, 4.69) is 17.2 Å². The molecular weight excluding hydrogens is 254 g/mol. The molecule has 1 amide bonds. The van der Waals surface area contributed by atoms with Gasteiger partial charge in [0.05, 0.1) is 5.56 Å². The molecule has 2 aromatic rings. The van der Waals surface area contributed by atoms with E-state index in [9.17, 15) is 4.79 Å². The highest BCUT2D eigenvalue weighted by atomic mass is 16.3. The van der Waals surface area contributed by atoms with Crippen LogP contribution in [0.1, 0.15) is 27.2 Å².